The molecular formula is C19H18N6O. The van der Waals surface area contributed by atoms with Crippen molar-refractivity contribution in [1.29, 1.82) is 0 Å². The van der Waals surface area contributed by atoms with Gasteiger partial charge in [0.15, 0.2) is 11.3 Å². The molecule has 0 bridgehead atoms. The lowest BCUT2D eigenvalue weighted by Gasteiger charge is -2.32. The molecule has 7 heteroatoms. The molecule has 1 aliphatic rings. The fraction of sp³-hybridized carbons (Fsp3) is 0.263. The first kappa shape index (κ1) is 15.1. The van der Waals surface area contributed by atoms with Gasteiger partial charge < -0.3 is 4.90 Å². The van der Waals surface area contributed by atoms with Crippen LogP contribution in [0.2, 0.25) is 0 Å². The molecular weight excluding hydrogens is 328 g/mol. The average molecular weight is 346 g/mol. The molecule has 0 unspecified atom stereocenters. The van der Waals surface area contributed by atoms with Crippen LogP contribution in [0, 0.1) is 0 Å². The van der Waals surface area contributed by atoms with Crippen molar-refractivity contribution in [2.24, 2.45) is 0 Å². The van der Waals surface area contributed by atoms with Gasteiger partial charge in [0.05, 0.1) is 11.7 Å². The topological polar surface area (TPSA) is 90.6 Å². The number of benzene rings is 1. The van der Waals surface area contributed by atoms with Crippen LogP contribution in [0.1, 0.15) is 34.9 Å². The zero-order chi connectivity index (χ0) is 17.5. The van der Waals surface area contributed by atoms with Crippen molar-refractivity contribution in [3.05, 3.63) is 54.0 Å². The molecule has 0 spiro atoms. The summed E-state index contributed by atoms with van der Waals surface area (Å²) in [5, 5.41) is 16.0. The van der Waals surface area contributed by atoms with Crippen molar-refractivity contribution in [2.45, 2.75) is 18.8 Å². The minimum Gasteiger partial charge on any atom is -0.337 e. The molecule has 3 aromatic heterocycles. The minimum atomic E-state index is -0.0187. The van der Waals surface area contributed by atoms with Gasteiger partial charge in [-0.2, -0.15) is 10.2 Å². The largest absolute Gasteiger partial charge is 0.337 e. The van der Waals surface area contributed by atoms with E-state index in [2.05, 4.69) is 25.4 Å². The fourth-order valence-electron chi connectivity index (χ4n) is 3.75. The molecule has 1 saturated heterocycles. The van der Waals surface area contributed by atoms with E-state index in [1.807, 2.05) is 41.3 Å². The van der Waals surface area contributed by atoms with Crippen LogP contribution in [0.3, 0.4) is 0 Å². The number of rotatable bonds is 2. The highest BCUT2D eigenvalue weighted by Crippen LogP contribution is 2.28. The number of fused-ring (bicyclic) bond motifs is 2. The van der Waals surface area contributed by atoms with Gasteiger partial charge in [-0.05, 0) is 31.0 Å². The van der Waals surface area contributed by atoms with Gasteiger partial charge in [0.1, 0.15) is 0 Å². The fourth-order valence-corrected chi connectivity index (χ4v) is 3.75. The predicted octanol–water partition coefficient (Wildman–Crippen LogP) is 2.85. The Kier molecular flexibility index (Phi) is 3.44. The highest BCUT2D eigenvalue weighted by Gasteiger charge is 2.28. The van der Waals surface area contributed by atoms with Gasteiger partial charge in [-0.25, -0.2) is 4.98 Å². The maximum Gasteiger partial charge on any atom is 0.275 e. The van der Waals surface area contributed by atoms with E-state index in [-0.39, 0.29) is 11.8 Å². The van der Waals surface area contributed by atoms with Crippen molar-refractivity contribution in [2.75, 3.05) is 13.1 Å². The van der Waals surface area contributed by atoms with Gasteiger partial charge in [0.25, 0.3) is 5.91 Å². The number of likely N-dealkylation sites (tertiary alicyclic amines) is 1. The van der Waals surface area contributed by atoms with E-state index >= 15 is 0 Å². The number of piperidine rings is 1. The average Bonchev–Trinajstić information content (AvgIpc) is 3.33. The number of hydrogen-bond acceptors (Lipinski definition) is 4. The molecule has 5 rings (SSSR count). The third kappa shape index (κ3) is 2.44. The molecule has 1 atom stereocenters. The van der Waals surface area contributed by atoms with Crippen molar-refractivity contribution in [3.63, 3.8) is 0 Å². The SMILES string of the molecule is O=C(c1n[nH]c2ccccc12)N1CCC[C@H](c2ccc3cn[nH]c3n2)C1. The summed E-state index contributed by atoms with van der Waals surface area (Å²) in [5.74, 6) is 0.209. The molecule has 1 fully saturated rings. The molecule has 1 aromatic carbocycles. The highest BCUT2D eigenvalue weighted by molar-refractivity contribution is 6.04. The van der Waals surface area contributed by atoms with Crippen molar-refractivity contribution >= 4 is 27.8 Å². The van der Waals surface area contributed by atoms with Gasteiger partial charge in [-0.1, -0.05) is 18.2 Å². The third-order valence-electron chi connectivity index (χ3n) is 5.12. The number of hydrogen-bond donors (Lipinski definition) is 2. The Labute approximate surface area is 149 Å². The number of pyridine rings is 1. The van der Waals surface area contributed by atoms with Crippen molar-refractivity contribution in [3.8, 4) is 0 Å². The summed E-state index contributed by atoms with van der Waals surface area (Å²) in [6.07, 6.45) is 3.75. The zero-order valence-corrected chi connectivity index (χ0v) is 14.1. The number of aromatic nitrogens is 5. The number of nitrogens with one attached hydrogen (secondary N) is 2. The second-order valence-corrected chi connectivity index (χ2v) is 6.75. The van der Waals surface area contributed by atoms with Crippen LogP contribution in [-0.4, -0.2) is 49.3 Å². The molecule has 7 nitrogen and oxygen atoms in total. The molecule has 0 aliphatic carbocycles. The molecule has 0 radical (unpaired) electrons. The Morgan fingerprint density at radius 2 is 2.08 bits per heavy atom. The second-order valence-electron chi connectivity index (χ2n) is 6.75. The molecule has 4 heterocycles. The van der Waals surface area contributed by atoms with Crippen LogP contribution in [0.25, 0.3) is 21.9 Å². The van der Waals surface area contributed by atoms with Crippen LogP contribution >= 0.6 is 0 Å². The van der Waals surface area contributed by atoms with E-state index in [1.54, 1.807) is 6.20 Å². The summed E-state index contributed by atoms with van der Waals surface area (Å²) in [6.45, 7) is 1.41. The zero-order valence-electron chi connectivity index (χ0n) is 14.1. The predicted molar refractivity (Wildman–Crippen MR) is 97.9 cm³/mol. The first-order chi connectivity index (χ1) is 12.8. The van der Waals surface area contributed by atoms with E-state index < -0.39 is 0 Å². The van der Waals surface area contributed by atoms with Crippen LogP contribution < -0.4 is 0 Å². The maximum atomic E-state index is 13.0. The summed E-state index contributed by atoms with van der Waals surface area (Å²) in [7, 11) is 0. The van der Waals surface area contributed by atoms with Crippen LogP contribution in [0.5, 0.6) is 0 Å². The Morgan fingerprint density at radius 1 is 1.15 bits per heavy atom. The van der Waals surface area contributed by atoms with E-state index in [0.717, 1.165) is 47.0 Å². The molecule has 1 aliphatic heterocycles. The highest BCUT2D eigenvalue weighted by atomic mass is 16.2. The number of carbonyl (C=O) groups excluding carboxylic acids is 1. The lowest BCUT2D eigenvalue weighted by atomic mass is 9.94. The first-order valence-corrected chi connectivity index (χ1v) is 8.82. The Bertz CT molecular complexity index is 1100. The van der Waals surface area contributed by atoms with Crippen LogP contribution in [-0.2, 0) is 0 Å². The van der Waals surface area contributed by atoms with Gasteiger partial charge >= 0.3 is 0 Å². The van der Waals surface area contributed by atoms with Gasteiger partial charge in [-0.3, -0.25) is 15.0 Å². The summed E-state index contributed by atoms with van der Waals surface area (Å²) in [6, 6.07) is 11.8. The van der Waals surface area contributed by atoms with Crippen molar-refractivity contribution in [1.82, 2.24) is 30.3 Å². The number of para-hydroxylation sites is 1. The summed E-state index contributed by atoms with van der Waals surface area (Å²) in [5.41, 5.74) is 3.18. The normalized spacial score (nSPS) is 17.8. The number of carbonyl (C=O) groups is 1. The Morgan fingerprint density at radius 3 is 3.04 bits per heavy atom. The third-order valence-corrected chi connectivity index (χ3v) is 5.12. The Hall–Kier alpha value is -3.22. The molecule has 1 amide bonds. The number of nitrogens with zero attached hydrogens (tertiary/aromatic N) is 4. The Balaban J connectivity index is 1.42. The number of aromatic amines is 2. The first-order valence-electron chi connectivity index (χ1n) is 8.82. The lowest BCUT2D eigenvalue weighted by molar-refractivity contribution is 0.0702. The lowest BCUT2D eigenvalue weighted by Crippen LogP contribution is -2.39. The molecule has 26 heavy (non-hydrogen) atoms. The van der Waals surface area contributed by atoms with E-state index in [1.165, 1.54) is 0 Å². The van der Waals surface area contributed by atoms with Crippen molar-refractivity contribution < 1.29 is 4.79 Å². The van der Waals surface area contributed by atoms with Crippen LogP contribution in [0.4, 0.5) is 0 Å². The minimum absolute atomic E-state index is 0.0187. The summed E-state index contributed by atoms with van der Waals surface area (Å²) < 4.78 is 0. The smallest absolute Gasteiger partial charge is 0.275 e. The van der Waals surface area contributed by atoms with Gasteiger partial charge in [0, 0.05) is 35.5 Å². The van der Waals surface area contributed by atoms with E-state index in [9.17, 15) is 4.79 Å². The number of H-pyrrole nitrogens is 2. The molecule has 130 valence electrons. The molecule has 0 saturated carbocycles. The van der Waals surface area contributed by atoms with E-state index in [4.69, 9.17) is 0 Å². The summed E-state index contributed by atoms with van der Waals surface area (Å²) in [4.78, 5) is 19.6. The summed E-state index contributed by atoms with van der Waals surface area (Å²) >= 11 is 0. The van der Waals surface area contributed by atoms with E-state index in [0.29, 0.717) is 12.2 Å². The maximum absolute atomic E-state index is 13.0. The standard InChI is InChI=1S/C19H18N6O/c26-19(17-14-5-1-2-6-16(14)22-23-17)25-9-3-4-13(11-25)15-8-7-12-10-20-24-18(12)21-15/h1-2,5-8,10,13H,3-4,9,11H2,(H,22,23)(H,20,21,24)/t13-/m0/s1. The van der Waals surface area contributed by atoms with Gasteiger partial charge in [-0.15, -0.1) is 0 Å². The van der Waals surface area contributed by atoms with Crippen LogP contribution in [0.15, 0.2) is 42.6 Å². The van der Waals surface area contributed by atoms with Gasteiger partial charge in [0.2, 0.25) is 0 Å². The molecule has 4 aromatic rings. The molecule has 2 N–H and O–H groups in total. The monoisotopic (exact) mass is 346 g/mol. The second kappa shape index (κ2) is 5.94. The quantitative estimate of drug-likeness (QED) is 0.584. The number of amides is 1.